The molecule has 190 valence electrons. The quantitative estimate of drug-likeness (QED) is 0.335. The van der Waals surface area contributed by atoms with Crippen LogP contribution in [-0.4, -0.2) is 17.5 Å². The molecular formula is C27H23F6NO2. The molecule has 1 aliphatic rings. The second-order valence-electron chi connectivity index (χ2n) is 9.07. The van der Waals surface area contributed by atoms with Crippen molar-refractivity contribution in [1.82, 2.24) is 4.90 Å². The van der Waals surface area contributed by atoms with Crippen molar-refractivity contribution < 1.29 is 35.9 Å². The van der Waals surface area contributed by atoms with Crippen LogP contribution in [0.25, 0.3) is 11.1 Å². The molecule has 9 heteroatoms. The van der Waals surface area contributed by atoms with Crippen molar-refractivity contribution in [3.63, 3.8) is 0 Å². The van der Waals surface area contributed by atoms with Gasteiger partial charge in [0.25, 0.3) is 0 Å². The van der Waals surface area contributed by atoms with Crippen LogP contribution in [0.2, 0.25) is 0 Å². The zero-order chi connectivity index (χ0) is 26.4. The van der Waals surface area contributed by atoms with Gasteiger partial charge >= 0.3 is 18.4 Å². The number of rotatable bonds is 4. The Bertz CT molecular complexity index is 1310. The van der Waals surface area contributed by atoms with Crippen LogP contribution < -0.4 is 0 Å². The predicted molar refractivity (Wildman–Crippen MR) is 122 cm³/mol. The van der Waals surface area contributed by atoms with Crippen molar-refractivity contribution in [3.8, 4) is 11.1 Å². The molecule has 3 aromatic rings. The van der Waals surface area contributed by atoms with E-state index in [1.54, 1.807) is 31.2 Å². The van der Waals surface area contributed by atoms with E-state index in [0.717, 1.165) is 29.8 Å². The highest BCUT2D eigenvalue weighted by atomic mass is 19.4. The largest absolute Gasteiger partial charge is 0.439 e. The first-order chi connectivity index (χ1) is 16.7. The molecule has 1 heterocycles. The van der Waals surface area contributed by atoms with Crippen LogP contribution >= 0.6 is 0 Å². The lowest BCUT2D eigenvalue weighted by molar-refractivity contribution is -0.138. The Labute approximate surface area is 204 Å². The van der Waals surface area contributed by atoms with Crippen LogP contribution in [0.3, 0.4) is 0 Å². The molecule has 3 nitrogen and oxygen atoms in total. The van der Waals surface area contributed by atoms with Gasteiger partial charge < -0.3 is 4.74 Å². The zero-order valence-corrected chi connectivity index (χ0v) is 19.7. The van der Waals surface area contributed by atoms with Gasteiger partial charge in [-0.25, -0.2) is 4.79 Å². The van der Waals surface area contributed by atoms with Crippen molar-refractivity contribution in [2.24, 2.45) is 0 Å². The van der Waals surface area contributed by atoms with Crippen LogP contribution in [0.1, 0.15) is 45.0 Å². The molecule has 1 aliphatic heterocycles. The van der Waals surface area contributed by atoms with Crippen LogP contribution in [0, 0.1) is 20.8 Å². The van der Waals surface area contributed by atoms with E-state index in [-0.39, 0.29) is 18.7 Å². The van der Waals surface area contributed by atoms with Crippen LogP contribution in [0.15, 0.2) is 54.6 Å². The van der Waals surface area contributed by atoms with E-state index < -0.39 is 35.7 Å². The third kappa shape index (κ3) is 5.34. The fraction of sp³-hybridized carbons (Fsp3) is 0.296. The van der Waals surface area contributed by atoms with Gasteiger partial charge in [-0.15, -0.1) is 0 Å². The van der Waals surface area contributed by atoms with E-state index in [1.807, 2.05) is 6.92 Å². The highest BCUT2D eigenvalue weighted by Gasteiger charge is 2.36. The van der Waals surface area contributed by atoms with Crippen LogP contribution in [0.4, 0.5) is 31.1 Å². The highest BCUT2D eigenvalue weighted by Crippen LogP contribution is 2.38. The summed E-state index contributed by atoms with van der Waals surface area (Å²) in [5.74, 6) is 0. The summed E-state index contributed by atoms with van der Waals surface area (Å²) in [6, 6.07) is 12.3. The van der Waals surface area contributed by atoms with E-state index in [9.17, 15) is 31.1 Å². The normalized spacial score (nSPS) is 16.4. The molecule has 0 N–H and O–H groups in total. The second kappa shape index (κ2) is 9.19. The number of aryl methyl sites for hydroxylation is 3. The van der Waals surface area contributed by atoms with Crippen molar-refractivity contribution in [1.29, 1.82) is 0 Å². The number of amides is 1. The van der Waals surface area contributed by atoms with Gasteiger partial charge in [-0.3, -0.25) is 4.90 Å². The molecule has 3 aromatic carbocycles. The van der Waals surface area contributed by atoms with Gasteiger partial charge in [0, 0.05) is 6.54 Å². The van der Waals surface area contributed by atoms with Crippen LogP contribution in [0.5, 0.6) is 0 Å². The van der Waals surface area contributed by atoms with Crippen molar-refractivity contribution in [2.45, 2.75) is 45.8 Å². The van der Waals surface area contributed by atoms with Crippen LogP contribution in [-0.2, 0) is 23.6 Å². The molecule has 1 fully saturated rings. The van der Waals surface area contributed by atoms with E-state index in [4.69, 9.17) is 4.74 Å². The molecule has 1 saturated heterocycles. The summed E-state index contributed by atoms with van der Waals surface area (Å²) in [4.78, 5) is 14.0. The Hall–Kier alpha value is -3.49. The fourth-order valence-corrected chi connectivity index (χ4v) is 4.38. The number of cyclic esters (lactones) is 1. The first kappa shape index (κ1) is 25.6. The van der Waals surface area contributed by atoms with E-state index in [1.165, 1.54) is 17.9 Å². The number of hydrogen-bond donors (Lipinski definition) is 0. The summed E-state index contributed by atoms with van der Waals surface area (Å²) in [5, 5.41) is 0. The number of carbonyl (C=O) groups excluding carboxylic acids is 1. The van der Waals surface area contributed by atoms with E-state index in [0.29, 0.717) is 27.8 Å². The Morgan fingerprint density at radius 3 is 2.17 bits per heavy atom. The maximum atomic E-state index is 13.4. The number of hydrogen-bond acceptors (Lipinski definition) is 2. The maximum absolute atomic E-state index is 13.4. The highest BCUT2D eigenvalue weighted by molar-refractivity contribution is 5.74. The lowest BCUT2D eigenvalue weighted by Gasteiger charge is -2.19. The number of halogens is 6. The van der Waals surface area contributed by atoms with Gasteiger partial charge in [-0.2, -0.15) is 26.3 Å². The molecule has 0 saturated carbocycles. The lowest BCUT2D eigenvalue weighted by Crippen LogP contribution is -2.24. The smallest absolute Gasteiger partial charge is 0.416 e. The number of carbonyl (C=O) groups is 1. The average molecular weight is 507 g/mol. The first-order valence-corrected chi connectivity index (χ1v) is 11.1. The number of alkyl halides is 6. The minimum atomic E-state index is -4.54. The lowest BCUT2D eigenvalue weighted by atomic mass is 9.92. The standard InChI is InChI=1S/C27H23F6NO2/c1-15-4-7-22(23-12-20(26(28,29)30)6-5-17(23)3)19(8-15)13-34-14-24(36-25(34)35)18-9-16(2)10-21(11-18)27(31,32)33/h4-12,24H,13-14H2,1-3H3. The number of ether oxygens (including phenoxy) is 1. The molecule has 1 unspecified atom stereocenters. The summed E-state index contributed by atoms with van der Waals surface area (Å²) in [5.41, 5.74) is 2.02. The maximum Gasteiger partial charge on any atom is 0.416 e. The molecule has 36 heavy (non-hydrogen) atoms. The molecular weight excluding hydrogens is 484 g/mol. The van der Waals surface area contributed by atoms with Gasteiger partial charge in [0.05, 0.1) is 17.7 Å². The fourth-order valence-electron chi connectivity index (χ4n) is 4.38. The molecule has 0 aliphatic carbocycles. The van der Waals surface area contributed by atoms with Crippen molar-refractivity contribution in [2.75, 3.05) is 6.54 Å². The summed E-state index contributed by atoms with van der Waals surface area (Å²) in [6.07, 6.45) is -10.7. The number of nitrogens with zero attached hydrogens (tertiary/aromatic N) is 1. The molecule has 4 rings (SSSR count). The van der Waals surface area contributed by atoms with Crippen molar-refractivity contribution >= 4 is 6.09 Å². The molecule has 1 amide bonds. The minimum absolute atomic E-state index is 0.00847. The third-order valence-electron chi connectivity index (χ3n) is 6.16. The van der Waals surface area contributed by atoms with Gasteiger partial charge in [-0.05, 0) is 72.9 Å². The Balaban J connectivity index is 1.65. The third-order valence-corrected chi connectivity index (χ3v) is 6.16. The molecule has 1 atom stereocenters. The molecule has 0 bridgehead atoms. The van der Waals surface area contributed by atoms with E-state index in [2.05, 4.69) is 0 Å². The van der Waals surface area contributed by atoms with E-state index >= 15 is 0 Å². The van der Waals surface area contributed by atoms with Gasteiger partial charge in [-0.1, -0.05) is 41.5 Å². The predicted octanol–water partition coefficient (Wildman–Crippen LogP) is 8.01. The summed E-state index contributed by atoms with van der Waals surface area (Å²) in [7, 11) is 0. The Morgan fingerprint density at radius 2 is 1.50 bits per heavy atom. The average Bonchev–Trinajstić information content (AvgIpc) is 3.13. The monoisotopic (exact) mass is 507 g/mol. The summed E-state index contributed by atoms with van der Waals surface area (Å²) >= 11 is 0. The minimum Gasteiger partial charge on any atom is -0.439 e. The molecule has 0 aromatic heterocycles. The van der Waals surface area contributed by atoms with Gasteiger partial charge in [0.1, 0.15) is 6.10 Å². The zero-order valence-electron chi connectivity index (χ0n) is 19.7. The Kier molecular flexibility index (Phi) is 6.53. The van der Waals surface area contributed by atoms with Crippen molar-refractivity contribution in [3.05, 3.63) is 93.5 Å². The SMILES string of the molecule is Cc1cc(C2CN(Cc3cc(C)ccc3-c3cc(C(F)(F)F)ccc3C)C(=O)O2)cc(C(F)(F)F)c1. The Morgan fingerprint density at radius 1 is 0.806 bits per heavy atom. The van der Waals surface area contributed by atoms with Gasteiger partial charge in [0.15, 0.2) is 0 Å². The summed E-state index contributed by atoms with van der Waals surface area (Å²) in [6.45, 7) is 5.09. The number of benzene rings is 3. The molecule has 0 spiro atoms. The van der Waals surface area contributed by atoms with Gasteiger partial charge in [0.2, 0.25) is 0 Å². The first-order valence-electron chi connectivity index (χ1n) is 11.1. The summed E-state index contributed by atoms with van der Waals surface area (Å²) < 4.78 is 85.2. The topological polar surface area (TPSA) is 29.5 Å². The second-order valence-corrected chi connectivity index (χ2v) is 9.07. The molecule has 0 radical (unpaired) electrons.